The lowest BCUT2D eigenvalue weighted by Crippen LogP contribution is -2.31. The standard InChI is InChI=1S/C19H24N4O4S/c1-4-15-7-9-16(10-8-15)14-20-21-18-12-11-17(23(24)25)13-19(18)28(26,27)22(5-2)6-3/h7-14,21H,4-6H2,1-3H3/b20-14-. The Labute approximate surface area is 165 Å². The van der Waals surface area contributed by atoms with Crippen LogP contribution in [0.25, 0.3) is 0 Å². The first-order valence-electron chi connectivity index (χ1n) is 9.00. The summed E-state index contributed by atoms with van der Waals surface area (Å²) in [7, 11) is -3.90. The smallest absolute Gasteiger partial charge is 0.270 e. The molecule has 2 aromatic rings. The second kappa shape index (κ2) is 9.43. The van der Waals surface area contributed by atoms with E-state index in [1.54, 1.807) is 20.1 Å². The molecule has 0 saturated carbocycles. The average molecular weight is 404 g/mol. The van der Waals surface area contributed by atoms with Crippen LogP contribution in [0.1, 0.15) is 31.9 Å². The highest BCUT2D eigenvalue weighted by Crippen LogP contribution is 2.29. The Bertz CT molecular complexity index is 952. The SMILES string of the molecule is CCc1ccc(/C=N\Nc2ccc([N+](=O)[O-])cc2S(=O)(=O)N(CC)CC)cc1. The van der Waals surface area contributed by atoms with Crippen molar-refractivity contribution < 1.29 is 13.3 Å². The van der Waals surface area contributed by atoms with Crippen LogP contribution in [0, 0.1) is 10.1 Å². The predicted molar refractivity (Wildman–Crippen MR) is 110 cm³/mol. The van der Waals surface area contributed by atoms with Crippen LogP contribution < -0.4 is 5.43 Å². The van der Waals surface area contributed by atoms with Gasteiger partial charge >= 0.3 is 0 Å². The third-order valence-corrected chi connectivity index (χ3v) is 6.38. The fraction of sp³-hybridized carbons (Fsp3) is 0.316. The Balaban J connectivity index is 2.37. The van der Waals surface area contributed by atoms with Crippen LogP contribution in [-0.4, -0.2) is 37.0 Å². The Morgan fingerprint density at radius 2 is 1.75 bits per heavy atom. The van der Waals surface area contributed by atoms with Crippen LogP contribution in [0.15, 0.2) is 52.5 Å². The van der Waals surface area contributed by atoms with Gasteiger partial charge in [-0.1, -0.05) is 45.0 Å². The topological polar surface area (TPSA) is 105 Å². The van der Waals surface area contributed by atoms with Gasteiger partial charge in [-0.2, -0.15) is 9.41 Å². The summed E-state index contributed by atoms with van der Waals surface area (Å²) in [5.41, 5.74) is 4.64. The second-order valence-corrected chi connectivity index (χ2v) is 7.90. The van der Waals surface area contributed by atoms with Gasteiger partial charge in [0.1, 0.15) is 4.90 Å². The first-order valence-corrected chi connectivity index (χ1v) is 10.4. The predicted octanol–water partition coefficient (Wildman–Crippen LogP) is 3.63. The number of nitro groups is 1. The Hall–Kier alpha value is -2.78. The van der Waals surface area contributed by atoms with Crippen molar-refractivity contribution in [2.45, 2.75) is 32.1 Å². The van der Waals surface area contributed by atoms with Crippen LogP contribution in [0.4, 0.5) is 11.4 Å². The summed E-state index contributed by atoms with van der Waals surface area (Å²) in [5, 5.41) is 15.2. The molecule has 0 heterocycles. The lowest BCUT2D eigenvalue weighted by Gasteiger charge is -2.20. The molecule has 0 aromatic heterocycles. The van der Waals surface area contributed by atoms with Crippen molar-refractivity contribution >= 4 is 27.6 Å². The highest BCUT2D eigenvalue weighted by molar-refractivity contribution is 7.89. The quantitative estimate of drug-likeness (QED) is 0.390. The summed E-state index contributed by atoms with van der Waals surface area (Å²) in [4.78, 5) is 10.3. The zero-order valence-corrected chi connectivity index (χ0v) is 16.9. The molecule has 0 radical (unpaired) electrons. The van der Waals surface area contributed by atoms with Crippen LogP contribution in [-0.2, 0) is 16.4 Å². The molecule has 1 N–H and O–H groups in total. The van der Waals surface area contributed by atoms with Gasteiger partial charge in [0.15, 0.2) is 0 Å². The molecule has 150 valence electrons. The number of nitro benzene ring substituents is 1. The fourth-order valence-corrected chi connectivity index (χ4v) is 4.27. The molecule has 0 unspecified atom stereocenters. The maximum absolute atomic E-state index is 12.9. The van der Waals surface area contributed by atoms with E-state index in [9.17, 15) is 18.5 Å². The maximum atomic E-state index is 12.9. The fourth-order valence-electron chi connectivity index (χ4n) is 2.65. The monoisotopic (exact) mass is 404 g/mol. The van der Waals surface area contributed by atoms with E-state index < -0.39 is 14.9 Å². The number of aryl methyl sites for hydroxylation is 1. The summed E-state index contributed by atoms with van der Waals surface area (Å²) >= 11 is 0. The lowest BCUT2D eigenvalue weighted by molar-refractivity contribution is -0.385. The van der Waals surface area contributed by atoms with E-state index in [0.29, 0.717) is 0 Å². The average Bonchev–Trinajstić information content (AvgIpc) is 2.69. The third kappa shape index (κ3) is 4.93. The molecule has 2 rings (SSSR count). The van der Waals surface area contributed by atoms with Crippen molar-refractivity contribution in [1.82, 2.24) is 4.31 Å². The molecule has 0 saturated heterocycles. The molecule has 0 aliphatic rings. The summed E-state index contributed by atoms with van der Waals surface area (Å²) in [6.45, 7) is 6.01. The Morgan fingerprint density at radius 3 is 2.29 bits per heavy atom. The molecule has 0 amide bonds. The lowest BCUT2D eigenvalue weighted by atomic mass is 10.1. The number of hydrogen-bond acceptors (Lipinski definition) is 6. The number of rotatable bonds is 9. The molecule has 0 aliphatic carbocycles. The molecule has 9 heteroatoms. The highest BCUT2D eigenvalue weighted by Gasteiger charge is 2.27. The number of hydrazone groups is 1. The molecule has 0 spiro atoms. The van der Waals surface area contributed by atoms with E-state index in [1.807, 2.05) is 24.3 Å². The number of hydrogen-bond donors (Lipinski definition) is 1. The largest absolute Gasteiger partial charge is 0.277 e. The summed E-state index contributed by atoms with van der Waals surface area (Å²) in [5.74, 6) is 0. The van der Waals surface area contributed by atoms with E-state index in [-0.39, 0.29) is 29.4 Å². The van der Waals surface area contributed by atoms with Crippen LogP contribution in [0.5, 0.6) is 0 Å². The number of nitrogens with zero attached hydrogens (tertiary/aromatic N) is 3. The minimum absolute atomic E-state index is 0.177. The van der Waals surface area contributed by atoms with E-state index in [2.05, 4.69) is 17.5 Å². The zero-order valence-electron chi connectivity index (χ0n) is 16.1. The van der Waals surface area contributed by atoms with Crippen molar-refractivity contribution in [3.05, 3.63) is 63.7 Å². The van der Waals surface area contributed by atoms with Gasteiger partial charge in [-0.15, -0.1) is 0 Å². The molecular formula is C19H24N4O4S. The molecule has 0 bridgehead atoms. The summed E-state index contributed by atoms with van der Waals surface area (Å²) in [6, 6.07) is 11.5. The van der Waals surface area contributed by atoms with Crippen molar-refractivity contribution in [3.8, 4) is 0 Å². The zero-order chi connectivity index (χ0) is 20.7. The maximum Gasteiger partial charge on any atom is 0.270 e. The number of anilines is 1. The van der Waals surface area contributed by atoms with Crippen molar-refractivity contribution in [2.75, 3.05) is 18.5 Å². The van der Waals surface area contributed by atoms with Gasteiger partial charge in [-0.3, -0.25) is 15.5 Å². The second-order valence-electron chi connectivity index (χ2n) is 5.99. The first kappa shape index (κ1) is 21.5. The van der Waals surface area contributed by atoms with Gasteiger partial charge in [-0.05, 0) is 23.6 Å². The van der Waals surface area contributed by atoms with E-state index in [0.717, 1.165) is 18.1 Å². The van der Waals surface area contributed by atoms with E-state index >= 15 is 0 Å². The van der Waals surface area contributed by atoms with Gasteiger partial charge < -0.3 is 0 Å². The number of sulfonamides is 1. The number of non-ortho nitro benzene ring substituents is 1. The van der Waals surface area contributed by atoms with Crippen molar-refractivity contribution in [1.29, 1.82) is 0 Å². The molecule has 0 atom stereocenters. The van der Waals surface area contributed by atoms with Gasteiger partial charge in [0, 0.05) is 25.2 Å². The third-order valence-electron chi connectivity index (χ3n) is 4.29. The van der Waals surface area contributed by atoms with Gasteiger partial charge in [0.05, 0.1) is 16.8 Å². The minimum atomic E-state index is -3.90. The van der Waals surface area contributed by atoms with Gasteiger partial charge in [0.25, 0.3) is 5.69 Å². The summed E-state index contributed by atoms with van der Waals surface area (Å²) in [6.07, 6.45) is 2.50. The van der Waals surface area contributed by atoms with Gasteiger partial charge in [-0.25, -0.2) is 8.42 Å². The highest BCUT2D eigenvalue weighted by atomic mass is 32.2. The Morgan fingerprint density at radius 1 is 1.11 bits per heavy atom. The van der Waals surface area contributed by atoms with Crippen molar-refractivity contribution in [2.24, 2.45) is 5.10 Å². The number of nitrogens with one attached hydrogen (secondary N) is 1. The molecule has 0 fully saturated rings. The van der Waals surface area contributed by atoms with E-state index in [1.165, 1.54) is 22.0 Å². The Kier molecular flexibility index (Phi) is 7.24. The van der Waals surface area contributed by atoms with Crippen LogP contribution >= 0.6 is 0 Å². The molecule has 0 aliphatic heterocycles. The molecule has 8 nitrogen and oxygen atoms in total. The summed E-state index contributed by atoms with van der Waals surface area (Å²) < 4.78 is 27.1. The van der Waals surface area contributed by atoms with Crippen LogP contribution in [0.2, 0.25) is 0 Å². The van der Waals surface area contributed by atoms with Crippen LogP contribution in [0.3, 0.4) is 0 Å². The van der Waals surface area contributed by atoms with Gasteiger partial charge in [0.2, 0.25) is 10.0 Å². The molecule has 2 aromatic carbocycles. The minimum Gasteiger partial charge on any atom is -0.277 e. The van der Waals surface area contributed by atoms with Crippen molar-refractivity contribution in [3.63, 3.8) is 0 Å². The number of benzene rings is 2. The normalized spacial score (nSPS) is 11.9. The first-order chi connectivity index (χ1) is 13.3. The molecule has 28 heavy (non-hydrogen) atoms. The molecular weight excluding hydrogens is 380 g/mol. The van der Waals surface area contributed by atoms with E-state index in [4.69, 9.17) is 0 Å².